The normalized spacial score (nSPS) is 11.1. The summed E-state index contributed by atoms with van der Waals surface area (Å²) >= 11 is 5.81. The van der Waals surface area contributed by atoms with Crippen molar-refractivity contribution in [3.05, 3.63) is 28.8 Å². The number of hydrogen-bond donors (Lipinski definition) is 2. The Labute approximate surface area is 108 Å². The van der Waals surface area contributed by atoms with Gasteiger partial charge in [-0.05, 0) is 44.5 Å². The third kappa shape index (κ3) is 5.91. The molecule has 0 atom stereocenters. The molecular formula is C13H20ClNO2. The van der Waals surface area contributed by atoms with Crippen LogP contribution in [0.2, 0.25) is 5.02 Å². The van der Waals surface area contributed by atoms with Crippen molar-refractivity contribution in [1.82, 2.24) is 5.32 Å². The number of nitrogens with one attached hydrogen (secondary N) is 1. The average Bonchev–Trinajstić information content (AvgIpc) is 2.27. The minimum atomic E-state index is 0.126. The van der Waals surface area contributed by atoms with Gasteiger partial charge in [0.2, 0.25) is 0 Å². The molecule has 96 valence electrons. The Balaban J connectivity index is 2.16. The molecule has 0 fully saturated rings. The van der Waals surface area contributed by atoms with Crippen LogP contribution in [0.5, 0.6) is 5.75 Å². The lowest BCUT2D eigenvalue weighted by Crippen LogP contribution is -2.17. The first-order valence-corrected chi connectivity index (χ1v) is 6.27. The highest BCUT2D eigenvalue weighted by molar-refractivity contribution is 6.32. The summed E-state index contributed by atoms with van der Waals surface area (Å²) in [7, 11) is 0. The van der Waals surface area contributed by atoms with Gasteiger partial charge < -0.3 is 15.2 Å². The van der Waals surface area contributed by atoms with Gasteiger partial charge in [-0.2, -0.15) is 0 Å². The molecule has 1 aromatic carbocycles. The van der Waals surface area contributed by atoms with Gasteiger partial charge in [0.25, 0.3) is 0 Å². The molecule has 0 aliphatic heterocycles. The van der Waals surface area contributed by atoms with E-state index in [1.54, 1.807) is 12.1 Å². The Hall–Kier alpha value is -0.770. The van der Waals surface area contributed by atoms with Crippen LogP contribution in [0.15, 0.2) is 18.2 Å². The Bertz CT molecular complexity index is 342. The van der Waals surface area contributed by atoms with Crippen molar-refractivity contribution in [1.29, 1.82) is 0 Å². The average molecular weight is 258 g/mol. The van der Waals surface area contributed by atoms with Crippen LogP contribution in [0.3, 0.4) is 0 Å². The molecule has 0 unspecified atom stereocenters. The molecule has 0 radical (unpaired) electrons. The van der Waals surface area contributed by atoms with E-state index in [0.29, 0.717) is 11.1 Å². The van der Waals surface area contributed by atoms with E-state index in [4.69, 9.17) is 16.3 Å². The highest BCUT2D eigenvalue weighted by atomic mass is 35.5. The molecular weight excluding hydrogens is 238 g/mol. The molecule has 17 heavy (non-hydrogen) atoms. The SMILES string of the molecule is CC(C)OCCCNCc1ccc(O)c(Cl)c1. The zero-order chi connectivity index (χ0) is 12.7. The monoisotopic (exact) mass is 257 g/mol. The van der Waals surface area contributed by atoms with Crippen molar-refractivity contribution in [3.8, 4) is 5.75 Å². The lowest BCUT2D eigenvalue weighted by atomic mass is 10.2. The number of phenols is 1. The molecule has 3 nitrogen and oxygen atoms in total. The van der Waals surface area contributed by atoms with Gasteiger partial charge in [-0.15, -0.1) is 0 Å². The standard InChI is InChI=1S/C13H20ClNO2/c1-10(2)17-7-3-6-15-9-11-4-5-13(16)12(14)8-11/h4-5,8,10,15-16H,3,6-7,9H2,1-2H3. The highest BCUT2D eigenvalue weighted by Crippen LogP contribution is 2.23. The van der Waals surface area contributed by atoms with E-state index in [1.165, 1.54) is 0 Å². The van der Waals surface area contributed by atoms with E-state index in [9.17, 15) is 5.11 Å². The van der Waals surface area contributed by atoms with Crippen LogP contribution in [-0.4, -0.2) is 24.4 Å². The smallest absolute Gasteiger partial charge is 0.134 e. The fraction of sp³-hybridized carbons (Fsp3) is 0.538. The Morgan fingerprint density at radius 1 is 1.41 bits per heavy atom. The van der Waals surface area contributed by atoms with Gasteiger partial charge in [0.15, 0.2) is 0 Å². The van der Waals surface area contributed by atoms with E-state index in [0.717, 1.165) is 31.7 Å². The van der Waals surface area contributed by atoms with Gasteiger partial charge in [0.1, 0.15) is 5.75 Å². The maximum absolute atomic E-state index is 9.27. The molecule has 2 N–H and O–H groups in total. The zero-order valence-electron chi connectivity index (χ0n) is 10.4. The van der Waals surface area contributed by atoms with E-state index in [-0.39, 0.29) is 5.75 Å². The molecule has 0 heterocycles. The van der Waals surface area contributed by atoms with Crippen molar-refractivity contribution in [2.45, 2.75) is 32.9 Å². The minimum Gasteiger partial charge on any atom is -0.506 e. The van der Waals surface area contributed by atoms with Crippen LogP contribution in [0.1, 0.15) is 25.8 Å². The number of hydrogen-bond acceptors (Lipinski definition) is 3. The summed E-state index contributed by atoms with van der Waals surface area (Å²) in [4.78, 5) is 0. The molecule has 0 spiro atoms. The van der Waals surface area contributed by atoms with Crippen molar-refractivity contribution in [2.24, 2.45) is 0 Å². The van der Waals surface area contributed by atoms with Crippen LogP contribution in [0.4, 0.5) is 0 Å². The molecule has 4 heteroatoms. The predicted octanol–water partition coefficient (Wildman–Crippen LogP) is 2.95. The number of rotatable bonds is 7. The predicted molar refractivity (Wildman–Crippen MR) is 70.5 cm³/mol. The number of benzene rings is 1. The van der Waals surface area contributed by atoms with Gasteiger partial charge >= 0.3 is 0 Å². The minimum absolute atomic E-state index is 0.126. The van der Waals surface area contributed by atoms with Gasteiger partial charge in [-0.3, -0.25) is 0 Å². The molecule has 1 rings (SSSR count). The Kier molecular flexibility index (Phi) is 6.34. The number of phenolic OH excluding ortho intramolecular Hbond substituents is 1. The highest BCUT2D eigenvalue weighted by Gasteiger charge is 1.99. The van der Waals surface area contributed by atoms with Crippen LogP contribution >= 0.6 is 11.6 Å². The van der Waals surface area contributed by atoms with Crippen LogP contribution in [0.25, 0.3) is 0 Å². The molecule has 0 aliphatic carbocycles. The van der Waals surface area contributed by atoms with Gasteiger partial charge in [-0.1, -0.05) is 17.7 Å². The molecule has 0 saturated carbocycles. The van der Waals surface area contributed by atoms with Crippen LogP contribution in [0, 0.1) is 0 Å². The first-order chi connectivity index (χ1) is 8.09. The second-order valence-electron chi connectivity index (χ2n) is 4.24. The topological polar surface area (TPSA) is 41.5 Å². The Morgan fingerprint density at radius 2 is 2.18 bits per heavy atom. The zero-order valence-corrected chi connectivity index (χ0v) is 11.1. The molecule has 0 aliphatic rings. The fourth-order valence-electron chi connectivity index (χ4n) is 1.41. The largest absolute Gasteiger partial charge is 0.506 e. The summed E-state index contributed by atoms with van der Waals surface area (Å²) in [5.41, 5.74) is 1.07. The van der Waals surface area contributed by atoms with Crippen molar-refractivity contribution < 1.29 is 9.84 Å². The summed E-state index contributed by atoms with van der Waals surface area (Å²) < 4.78 is 5.43. The summed E-state index contributed by atoms with van der Waals surface area (Å²) in [6, 6.07) is 5.24. The van der Waals surface area contributed by atoms with Crippen molar-refractivity contribution in [3.63, 3.8) is 0 Å². The second-order valence-corrected chi connectivity index (χ2v) is 4.64. The maximum atomic E-state index is 9.27. The summed E-state index contributed by atoms with van der Waals surface area (Å²) in [6.07, 6.45) is 1.29. The summed E-state index contributed by atoms with van der Waals surface area (Å²) in [5, 5.41) is 13.0. The lowest BCUT2D eigenvalue weighted by Gasteiger charge is -2.08. The maximum Gasteiger partial charge on any atom is 0.134 e. The second kappa shape index (κ2) is 7.54. The molecule has 0 aromatic heterocycles. The van der Waals surface area contributed by atoms with E-state index >= 15 is 0 Å². The molecule has 0 saturated heterocycles. The van der Waals surface area contributed by atoms with E-state index in [1.807, 2.05) is 19.9 Å². The summed E-state index contributed by atoms with van der Waals surface area (Å²) in [5.74, 6) is 0.126. The quantitative estimate of drug-likeness (QED) is 0.738. The van der Waals surface area contributed by atoms with Gasteiger partial charge in [-0.25, -0.2) is 0 Å². The molecule has 0 amide bonds. The lowest BCUT2D eigenvalue weighted by molar-refractivity contribution is 0.0770. The van der Waals surface area contributed by atoms with Crippen molar-refractivity contribution >= 4 is 11.6 Å². The van der Waals surface area contributed by atoms with Crippen LogP contribution in [-0.2, 0) is 11.3 Å². The van der Waals surface area contributed by atoms with Crippen LogP contribution < -0.4 is 5.32 Å². The molecule has 0 bridgehead atoms. The molecule has 1 aromatic rings. The van der Waals surface area contributed by atoms with E-state index < -0.39 is 0 Å². The van der Waals surface area contributed by atoms with Crippen molar-refractivity contribution in [2.75, 3.05) is 13.2 Å². The summed E-state index contributed by atoms with van der Waals surface area (Å²) in [6.45, 7) is 6.51. The fourth-order valence-corrected chi connectivity index (χ4v) is 1.61. The number of halogens is 1. The van der Waals surface area contributed by atoms with Gasteiger partial charge in [0, 0.05) is 13.2 Å². The number of ether oxygens (including phenoxy) is 1. The van der Waals surface area contributed by atoms with E-state index in [2.05, 4.69) is 5.32 Å². The number of aromatic hydroxyl groups is 1. The van der Waals surface area contributed by atoms with Gasteiger partial charge in [0.05, 0.1) is 11.1 Å². The first kappa shape index (κ1) is 14.3. The third-order valence-corrected chi connectivity index (χ3v) is 2.59. The third-order valence-electron chi connectivity index (χ3n) is 2.29. The first-order valence-electron chi connectivity index (χ1n) is 5.89. The Morgan fingerprint density at radius 3 is 2.82 bits per heavy atom.